The van der Waals surface area contributed by atoms with Crippen molar-refractivity contribution in [1.82, 2.24) is 14.8 Å². The summed E-state index contributed by atoms with van der Waals surface area (Å²) in [4.78, 5) is 18.9. The fourth-order valence-corrected chi connectivity index (χ4v) is 3.96. The van der Waals surface area contributed by atoms with E-state index in [0.29, 0.717) is 4.47 Å². The number of carbonyl (C=O) groups is 1. The number of aromatic nitrogens is 3. The molecule has 0 bridgehead atoms. The first-order valence-corrected chi connectivity index (χ1v) is 9.80. The van der Waals surface area contributed by atoms with E-state index >= 15 is 0 Å². The van der Waals surface area contributed by atoms with Crippen molar-refractivity contribution in [2.75, 3.05) is 5.75 Å². The molecule has 2 aromatic rings. The van der Waals surface area contributed by atoms with E-state index in [1.54, 1.807) is 0 Å². The molecule has 2 aromatic heterocycles. The number of sulfone groups is 1. The number of alkyl halides is 3. The summed E-state index contributed by atoms with van der Waals surface area (Å²) in [5, 5.41) is 2.07. The first-order chi connectivity index (χ1) is 11.5. The maximum atomic E-state index is 12.7. The van der Waals surface area contributed by atoms with Crippen LogP contribution in [0, 0.1) is 0 Å². The Kier molecular flexibility index (Phi) is 5.49. The second-order valence-electron chi connectivity index (χ2n) is 4.63. The molecule has 25 heavy (non-hydrogen) atoms. The Morgan fingerprint density at radius 1 is 1.44 bits per heavy atom. The van der Waals surface area contributed by atoms with E-state index in [1.807, 2.05) is 0 Å². The molecule has 0 aliphatic heterocycles. The molecule has 2 rings (SSSR count). The first kappa shape index (κ1) is 19.7. The second-order valence-corrected chi connectivity index (χ2v) is 8.75. The number of hydrogen-bond acceptors (Lipinski definition) is 6. The summed E-state index contributed by atoms with van der Waals surface area (Å²) < 4.78 is 63.3. The lowest BCUT2D eigenvalue weighted by atomic mass is 10.3. The highest BCUT2D eigenvalue weighted by Crippen LogP contribution is 2.29. The minimum Gasteiger partial charge on any atom is -0.265 e. The monoisotopic (exact) mass is 458 g/mol. The van der Waals surface area contributed by atoms with Crippen LogP contribution in [0.4, 0.5) is 13.2 Å². The van der Waals surface area contributed by atoms with Crippen molar-refractivity contribution in [2.24, 2.45) is 12.0 Å². The van der Waals surface area contributed by atoms with Crippen molar-refractivity contribution >= 4 is 43.0 Å². The molecule has 7 nitrogen and oxygen atoms in total. The summed E-state index contributed by atoms with van der Waals surface area (Å²) in [6, 6.07) is 1.20. The van der Waals surface area contributed by atoms with E-state index < -0.39 is 32.6 Å². The third kappa shape index (κ3) is 4.33. The molecule has 0 spiro atoms. The van der Waals surface area contributed by atoms with Crippen molar-refractivity contribution in [2.45, 2.75) is 18.0 Å². The van der Waals surface area contributed by atoms with Crippen LogP contribution in [0.2, 0.25) is 0 Å². The Bertz CT molecular complexity index is 996. The van der Waals surface area contributed by atoms with Crippen molar-refractivity contribution in [1.29, 1.82) is 0 Å². The third-order valence-electron chi connectivity index (χ3n) is 2.88. The zero-order chi connectivity index (χ0) is 19.0. The lowest BCUT2D eigenvalue weighted by molar-refractivity contribution is -0.138. The van der Waals surface area contributed by atoms with E-state index in [9.17, 15) is 26.4 Å². The van der Waals surface area contributed by atoms with Crippen LogP contribution in [-0.2, 0) is 23.1 Å². The summed E-state index contributed by atoms with van der Waals surface area (Å²) in [6.07, 6.45) is -3.48. The minimum atomic E-state index is -4.67. The largest absolute Gasteiger partial charge is 0.445 e. The Morgan fingerprint density at radius 2 is 2.08 bits per heavy atom. The number of pyridine rings is 1. The molecule has 2 heterocycles. The van der Waals surface area contributed by atoms with Gasteiger partial charge in [0.15, 0.2) is 9.84 Å². The average molecular weight is 459 g/mol. The van der Waals surface area contributed by atoms with Crippen molar-refractivity contribution in [3.63, 3.8) is 0 Å². The molecule has 0 N–H and O–H groups in total. The second kappa shape index (κ2) is 6.96. The summed E-state index contributed by atoms with van der Waals surface area (Å²) >= 11 is 3.23. The van der Waals surface area contributed by atoms with Gasteiger partial charge in [-0.1, -0.05) is 18.3 Å². The molecule has 0 atom stereocenters. The van der Waals surface area contributed by atoms with Crippen LogP contribution in [0.25, 0.3) is 0 Å². The lowest BCUT2D eigenvalue weighted by Gasteiger charge is -2.05. The van der Waals surface area contributed by atoms with Crippen LogP contribution in [-0.4, -0.2) is 34.8 Å². The number of aryl methyl sites for hydroxylation is 1. The summed E-state index contributed by atoms with van der Waals surface area (Å²) in [5.74, 6) is -1.36. The number of nitrogens with zero attached hydrogens (tertiary/aromatic N) is 4. The average Bonchev–Trinajstić information content (AvgIpc) is 2.88. The highest BCUT2D eigenvalue weighted by Gasteiger charge is 2.35. The summed E-state index contributed by atoms with van der Waals surface area (Å²) in [5.41, 5.74) is -0.466. The molecule has 0 aliphatic rings. The van der Waals surface area contributed by atoms with Gasteiger partial charge in [-0.05, 0) is 22.0 Å². The van der Waals surface area contributed by atoms with E-state index in [1.165, 1.54) is 26.2 Å². The van der Waals surface area contributed by atoms with Crippen LogP contribution in [0.1, 0.15) is 22.4 Å². The Balaban J connectivity index is 2.59. The van der Waals surface area contributed by atoms with Gasteiger partial charge in [0.05, 0.1) is 10.6 Å². The first-order valence-electron chi connectivity index (χ1n) is 6.54. The van der Waals surface area contributed by atoms with Gasteiger partial charge < -0.3 is 0 Å². The van der Waals surface area contributed by atoms with Crippen LogP contribution >= 0.6 is 27.3 Å². The zero-order valence-corrected chi connectivity index (χ0v) is 15.9. The zero-order valence-electron chi connectivity index (χ0n) is 12.7. The Hall–Kier alpha value is -1.60. The predicted molar refractivity (Wildman–Crippen MR) is 85.6 cm³/mol. The molecule has 0 aromatic carbocycles. The number of hydrogen-bond donors (Lipinski definition) is 0. The molecule has 0 unspecified atom stereocenters. The molecule has 1 amide bonds. The van der Waals surface area contributed by atoms with Gasteiger partial charge in [0.2, 0.25) is 9.81 Å². The smallest absolute Gasteiger partial charge is 0.265 e. The van der Waals surface area contributed by atoms with Crippen LogP contribution in [0.3, 0.4) is 0 Å². The third-order valence-corrected chi connectivity index (χ3v) is 6.10. The van der Waals surface area contributed by atoms with Gasteiger partial charge in [-0.3, -0.25) is 4.79 Å². The van der Waals surface area contributed by atoms with Gasteiger partial charge >= 0.3 is 6.18 Å². The molecule has 0 radical (unpaired) electrons. The normalized spacial score (nSPS) is 13.3. The molecule has 0 aliphatic carbocycles. The SMILES string of the molecule is CCS(=O)(=O)c1cc(Br)cnc1C(=O)/N=c1\sc(C(F)(F)F)nn1C. The molecule has 0 saturated carbocycles. The maximum absolute atomic E-state index is 12.7. The van der Waals surface area contributed by atoms with E-state index in [-0.39, 0.29) is 26.8 Å². The van der Waals surface area contributed by atoms with E-state index in [0.717, 1.165) is 4.68 Å². The number of carbonyl (C=O) groups excluding carboxylic acids is 1. The van der Waals surface area contributed by atoms with E-state index in [2.05, 4.69) is 31.0 Å². The lowest BCUT2D eigenvalue weighted by Crippen LogP contribution is -2.17. The van der Waals surface area contributed by atoms with Crippen LogP contribution in [0.5, 0.6) is 0 Å². The van der Waals surface area contributed by atoms with Gasteiger partial charge in [-0.25, -0.2) is 18.1 Å². The van der Waals surface area contributed by atoms with Gasteiger partial charge in [0, 0.05) is 17.7 Å². The Labute approximate surface area is 152 Å². The predicted octanol–water partition coefficient (Wildman–Crippen LogP) is 2.19. The van der Waals surface area contributed by atoms with Crippen LogP contribution in [0.15, 0.2) is 26.6 Å². The van der Waals surface area contributed by atoms with Gasteiger partial charge in [-0.2, -0.15) is 23.3 Å². The molecular weight excluding hydrogens is 449 g/mol. The van der Waals surface area contributed by atoms with Crippen molar-refractivity contribution < 1.29 is 26.4 Å². The summed E-state index contributed by atoms with van der Waals surface area (Å²) in [7, 11) is -2.60. The molecule has 0 fully saturated rings. The van der Waals surface area contributed by atoms with Gasteiger partial charge in [0.1, 0.15) is 5.69 Å². The number of rotatable bonds is 3. The number of halogens is 4. The highest BCUT2D eigenvalue weighted by molar-refractivity contribution is 9.10. The molecular formula is C12H10BrF3N4O3S2. The summed E-state index contributed by atoms with van der Waals surface area (Å²) in [6.45, 7) is 1.39. The fraction of sp³-hybridized carbons (Fsp3) is 0.333. The standard InChI is InChI=1S/C12H10BrF3N4O3S2/c1-3-25(22,23)7-4-6(13)5-17-8(7)9(21)18-11-20(2)19-10(24-11)12(14,15)16/h4-5H,3H2,1-2H3/b18-11-. The van der Waals surface area contributed by atoms with Crippen molar-refractivity contribution in [3.8, 4) is 0 Å². The van der Waals surface area contributed by atoms with Crippen LogP contribution < -0.4 is 4.80 Å². The number of amides is 1. The quantitative estimate of drug-likeness (QED) is 0.702. The molecule has 136 valence electrons. The van der Waals surface area contributed by atoms with E-state index in [4.69, 9.17) is 0 Å². The topological polar surface area (TPSA) is 94.3 Å². The van der Waals surface area contributed by atoms with Crippen molar-refractivity contribution in [3.05, 3.63) is 32.2 Å². The fourth-order valence-electron chi connectivity index (χ4n) is 1.68. The van der Waals surface area contributed by atoms with Gasteiger partial charge in [-0.15, -0.1) is 0 Å². The molecule has 0 saturated heterocycles. The maximum Gasteiger partial charge on any atom is 0.445 e. The highest BCUT2D eigenvalue weighted by atomic mass is 79.9. The minimum absolute atomic E-state index is 0.165. The van der Waals surface area contributed by atoms with Gasteiger partial charge in [0.25, 0.3) is 5.91 Å². The Morgan fingerprint density at radius 3 is 2.60 bits per heavy atom. The molecule has 13 heteroatoms.